The molecular formula is C25H27FN4O2S. The summed E-state index contributed by atoms with van der Waals surface area (Å²) in [5.41, 5.74) is 2.98. The Morgan fingerprint density at radius 2 is 2.00 bits per heavy atom. The number of anilines is 1. The molecule has 1 aromatic heterocycles. The monoisotopic (exact) mass is 466 g/mol. The number of rotatable bonds is 6. The van der Waals surface area contributed by atoms with Gasteiger partial charge in [0.15, 0.2) is 5.69 Å². The van der Waals surface area contributed by atoms with Crippen LogP contribution in [0.2, 0.25) is 0 Å². The summed E-state index contributed by atoms with van der Waals surface area (Å²) < 4.78 is 21.3. The number of hydrogen-bond donors (Lipinski definition) is 0. The number of amides is 1. The first-order valence-electron chi connectivity index (χ1n) is 11.1. The van der Waals surface area contributed by atoms with Crippen LogP contribution in [0.3, 0.4) is 0 Å². The van der Waals surface area contributed by atoms with Crippen LogP contribution in [0.15, 0.2) is 47.6 Å². The quantitative estimate of drug-likeness (QED) is 0.418. The van der Waals surface area contributed by atoms with E-state index in [1.165, 1.54) is 22.7 Å². The lowest BCUT2D eigenvalue weighted by Gasteiger charge is -2.31. The molecule has 1 aliphatic heterocycles. The SMILES string of the molecule is CCCC(=O)N1c2ccc(C)cc2-c2nnc(SCC(C)C)nc2O[C@H]1c1ccccc1F. The van der Waals surface area contributed by atoms with Crippen molar-refractivity contribution in [2.75, 3.05) is 10.7 Å². The molecule has 1 atom stereocenters. The van der Waals surface area contributed by atoms with Gasteiger partial charge in [0.1, 0.15) is 5.82 Å². The molecule has 6 nitrogen and oxygen atoms in total. The van der Waals surface area contributed by atoms with E-state index in [-0.39, 0.29) is 17.4 Å². The van der Waals surface area contributed by atoms with Crippen LogP contribution in [-0.2, 0) is 4.79 Å². The average molecular weight is 467 g/mol. The number of carbonyl (C=O) groups excluding carboxylic acids is 1. The topological polar surface area (TPSA) is 68.2 Å². The van der Waals surface area contributed by atoms with E-state index in [1.807, 2.05) is 32.0 Å². The third-order valence-corrected chi connectivity index (χ3v) is 6.47. The predicted molar refractivity (Wildman–Crippen MR) is 128 cm³/mol. The van der Waals surface area contributed by atoms with Gasteiger partial charge in [-0.2, -0.15) is 4.98 Å². The summed E-state index contributed by atoms with van der Waals surface area (Å²) in [4.78, 5) is 19.5. The molecule has 0 aliphatic carbocycles. The highest BCUT2D eigenvalue weighted by atomic mass is 32.2. The number of aromatic nitrogens is 3. The molecule has 3 aromatic rings. The number of ether oxygens (including phenoxy) is 1. The molecule has 0 bridgehead atoms. The van der Waals surface area contributed by atoms with Crippen molar-refractivity contribution in [3.05, 3.63) is 59.4 Å². The molecule has 0 radical (unpaired) electrons. The predicted octanol–water partition coefficient (Wildman–Crippen LogP) is 5.96. The maximum absolute atomic E-state index is 15.0. The Morgan fingerprint density at radius 3 is 2.73 bits per heavy atom. The van der Waals surface area contributed by atoms with Crippen LogP contribution >= 0.6 is 11.8 Å². The smallest absolute Gasteiger partial charge is 0.247 e. The number of aryl methyl sites for hydroxylation is 1. The Balaban J connectivity index is 1.92. The Labute approximate surface area is 197 Å². The number of carbonyl (C=O) groups is 1. The summed E-state index contributed by atoms with van der Waals surface area (Å²) in [5, 5.41) is 9.22. The fourth-order valence-electron chi connectivity index (χ4n) is 3.66. The second-order valence-electron chi connectivity index (χ2n) is 8.48. The number of thioether (sulfide) groups is 1. The van der Waals surface area contributed by atoms with Crippen LogP contribution in [-0.4, -0.2) is 26.8 Å². The molecule has 2 heterocycles. The van der Waals surface area contributed by atoms with Gasteiger partial charge < -0.3 is 4.74 Å². The van der Waals surface area contributed by atoms with Gasteiger partial charge in [-0.3, -0.25) is 9.69 Å². The van der Waals surface area contributed by atoms with Gasteiger partial charge in [0.05, 0.1) is 5.69 Å². The molecule has 4 rings (SSSR count). The lowest BCUT2D eigenvalue weighted by atomic mass is 10.0. The first-order chi connectivity index (χ1) is 15.9. The first kappa shape index (κ1) is 23.2. The molecule has 1 aliphatic rings. The van der Waals surface area contributed by atoms with Crippen LogP contribution in [0.5, 0.6) is 5.88 Å². The maximum Gasteiger partial charge on any atom is 0.247 e. The van der Waals surface area contributed by atoms with Crippen molar-refractivity contribution in [2.45, 2.75) is 51.9 Å². The summed E-state index contributed by atoms with van der Waals surface area (Å²) in [5.74, 6) is 0.906. The molecule has 0 saturated carbocycles. The zero-order valence-corrected chi connectivity index (χ0v) is 20.0. The summed E-state index contributed by atoms with van der Waals surface area (Å²) >= 11 is 1.49. The van der Waals surface area contributed by atoms with Crippen molar-refractivity contribution < 1.29 is 13.9 Å². The molecule has 0 N–H and O–H groups in total. The highest BCUT2D eigenvalue weighted by molar-refractivity contribution is 7.99. The van der Waals surface area contributed by atoms with Crippen LogP contribution in [0.25, 0.3) is 11.3 Å². The molecule has 8 heteroatoms. The molecular weight excluding hydrogens is 439 g/mol. The molecule has 0 unspecified atom stereocenters. The molecule has 2 aromatic carbocycles. The van der Waals surface area contributed by atoms with E-state index >= 15 is 0 Å². The standard InChI is InChI=1S/C25H27FN4O2S/c1-5-8-21(31)30-20-12-11-16(4)13-18(20)22-23(27-25(29-28-22)33-14-15(2)3)32-24(30)17-9-6-7-10-19(17)26/h6-7,9-13,15,24H,5,8,14H2,1-4H3/t24-/m0/s1. The van der Waals surface area contributed by atoms with Gasteiger partial charge in [0.25, 0.3) is 0 Å². The van der Waals surface area contributed by atoms with E-state index in [2.05, 4.69) is 29.0 Å². The molecule has 0 spiro atoms. The van der Waals surface area contributed by atoms with Gasteiger partial charge in [-0.05, 0) is 37.5 Å². The molecule has 0 saturated heterocycles. The maximum atomic E-state index is 15.0. The van der Waals surface area contributed by atoms with Crippen molar-refractivity contribution in [2.24, 2.45) is 5.92 Å². The second kappa shape index (κ2) is 9.87. The van der Waals surface area contributed by atoms with Crippen molar-refractivity contribution in [3.63, 3.8) is 0 Å². The third-order valence-electron chi connectivity index (χ3n) is 5.21. The minimum Gasteiger partial charge on any atom is -0.447 e. The Bertz CT molecular complexity index is 1170. The third kappa shape index (κ3) is 4.85. The van der Waals surface area contributed by atoms with Gasteiger partial charge in [0.2, 0.25) is 23.2 Å². The van der Waals surface area contributed by atoms with E-state index < -0.39 is 12.0 Å². The van der Waals surface area contributed by atoms with E-state index in [0.717, 1.165) is 11.3 Å². The van der Waals surface area contributed by atoms with E-state index in [1.54, 1.807) is 18.2 Å². The molecule has 1 amide bonds. The number of fused-ring (bicyclic) bond motifs is 3. The van der Waals surface area contributed by atoms with Gasteiger partial charge in [-0.1, -0.05) is 62.4 Å². The lowest BCUT2D eigenvalue weighted by molar-refractivity contribution is -0.120. The molecule has 33 heavy (non-hydrogen) atoms. The highest BCUT2D eigenvalue weighted by Crippen LogP contribution is 2.44. The summed E-state index contributed by atoms with van der Waals surface area (Å²) in [6.07, 6.45) is -0.0683. The highest BCUT2D eigenvalue weighted by Gasteiger charge is 2.37. The number of benzene rings is 2. The fraction of sp³-hybridized carbons (Fsp3) is 0.360. The van der Waals surface area contributed by atoms with Gasteiger partial charge >= 0.3 is 0 Å². The van der Waals surface area contributed by atoms with E-state index in [4.69, 9.17) is 4.74 Å². The fourth-order valence-corrected chi connectivity index (χ4v) is 4.39. The Kier molecular flexibility index (Phi) is 6.93. The van der Waals surface area contributed by atoms with Gasteiger partial charge in [-0.25, -0.2) is 4.39 Å². The second-order valence-corrected chi connectivity index (χ2v) is 9.47. The number of halogens is 1. The summed E-state index contributed by atoms with van der Waals surface area (Å²) in [6, 6.07) is 12.1. The Hall–Kier alpha value is -3.00. The zero-order chi connectivity index (χ0) is 23.5. The lowest BCUT2D eigenvalue weighted by Crippen LogP contribution is -2.38. The first-order valence-corrected chi connectivity index (χ1v) is 12.1. The minimum absolute atomic E-state index is 0.161. The van der Waals surface area contributed by atoms with Crippen molar-refractivity contribution in [3.8, 4) is 17.1 Å². The number of hydrogen-bond acceptors (Lipinski definition) is 6. The zero-order valence-electron chi connectivity index (χ0n) is 19.2. The van der Waals surface area contributed by atoms with Gasteiger partial charge in [-0.15, -0.1) is 10.2 Å². The van der Waals surface area contributed by atoms with Crippen LogP contribution < -0.4 is 9.64 Å². The average Bonchev–Trinajstić information content (AvgIpc) is 2.92. The normalized spacial score (nSPS) is 15.0. The summed E-state index contributed by atoms with van der Waals surface area (Å²) in [6.45, 7) is 8.13. The minimum atomic E-state index is -1.02. The molecule has 0 fully saturated rings. The number of nitrogens with zero attached hydrogens (tertiary/aromatic N) is 4. The van der Waals surface area contributed by atoms with Crippen molar-refractivity contribution >= 4 is 23.4 Å². The van der Waals surface area contributed by atoms with Gasteiger partial charge in [0, 0.05) is 23.3 Å². The Morgan fingerprint density at radius 1 is 1.21 bits per heavy atom. The van der Waals surface area contributed by atoms with Crippen LogP contribution in [0.4, 0.5) is 10.1 Å². The van der Waals surface area contributed by atoms with Crippen LogP contribution in [0.1, 0.15) is 51.0 Å². The largest absolute Gasteiger partial charge is 0.447 e. The van der Waals surface area contributed by atoms with E-state index in [9.17, 15) is 9.18 Å². The van der Waals surface area contributed by atoms with Crippen molar-refractivity contribution in [1.82, 2.24) is 15.2 Å². The van der Waals surface area contributed by atoms with Crippen molar-refractivity contribution in [1.29, 1.82) is 0 Å². The van der Waals surface area contributed by atoms with Crippen LogP contribution in [0, 0.1) is 18.7 Å². The molecule has 172 valence electrons. The van der Waals surface area contributed by atoms with E-state index in [0.29, 0.717) is 40.9 Å². The summed E-state index contributed by atoms with van der Waals surface area (Å²) in [7, 11) is 0.